The van der Waals surface area contributed by atoms with Gasteiger partial charge in [-0.25, -0.2) is 4.79 Å². The van der Waals surface area contributed by atoms with Gasteiger partial charge in [0.05, 0.1) is 35.4 Å². The lowest BCUT2D eigenvalue weighted by Gasteiger charge is -2.13. The minimum Gasteiger partial charge on any atom is -0.497 e. The van der Waals surface area contributed by atoms with Crippen molar-refractivity contribution in [3.63, 3.8) is 0 Å². The van der Waals surface area contributed by atoms with Gasteiger partial charge in [0.2, 0.25) is 0 Å². The molecule has 3 aromatic rings. The van der Waals surface area contributed by atoms with Gasteiger partial charge in [-0.15, -0.1) is 0 Å². The van der Waals surface area contributed by atoms with E-state index >= 15 is 0 Å². The molecule has 0 unspecified atom stereocenters. The molecule has 0 saturated carbocycles. The van der Waals surface area contributed by atoms with Crippen LogP contribution in [0.15, 0.2) is 60.2 Å². The Morgan fingerprint density at radius 2 is 1.78 bits per heavy atom. The summed E-state index contributed by atoms with van der Waals surface area (Å²) in [5.41, 5.74) is 0.823. The Balaban J connectivity index is 1.86. The second kappa shape index (κ2) is 11.7. The molecule has 0 fully saturated rings. The zero-order valence-corrected chi connectivity index (χ0v) is 20.7. The molecule has 0 radical (unpaired) electrons. The van der Waals surface area contributed by atoms with Crippen LogP contribution in [-0.2, 0) is 4.79 Å². The Bertz CT molecular complexity index is 1440. The van der Waals surface area contributed by atoms with E-state index in [0.29, 0.717) is 16.9 Å². The number of hydrogen-bond acceptors (Lipinski definition) is 8. The highest BCUT2D eigenvalue weighted by atomic mass is 35.5. The number of nitro benzene ring substituents is 1. The summed E-state index contributed by atoms with van der Waals surface area (Å²) in [7, 11) is 2.84. The molecule has 1 N–H and O–H groups in total. The van der Waals surface area contributed by atoms with E-state index in [2.05, 4.69) is 5.32 Å². The van der Waals surface area contributed by atoms with Crippen molar-refractivity contribution in [1.82, 2.24) is 0 Å². The maximum atomic E-state index is 12.7. The summed E-state index contributed by atoms with van der Waals surface area (Å²) in [6.45, 7) is 1.66. The van der Waals surface area contributed by atoms with E-state index in [0.717, 1.165) is 0 Å². The third-order valence-electron chi connectivity index (χ3n) is 5.13. The molecule has 3 aromatic carbocycles. The number of methoxy groups -OCH3 is 2. The molecule has 0 heterocycles. The molecule has 0 aromatic heterocycles. The van der Waals surface area contributed by atoms with Crippen LogP contribution in [0, 0.1) is 28.4 Å². The van der Waals surface area contributed by atoms with Gasteiger partial charge in [0.15, 0.2) is 11.5 Å². The van der Waals surface area contributed by atoms with E-state index in [4.69, 9.17) is 25.8 Å². The van der Waals surface area contributed by atoms with Crippen LogP contribution in [0.3, 0.4) is 0 Å². The van der Waals surface area contributed by atoms with Gasteiger partial charge in [-0.05, 0) is 60.5 Å². The normalized spacial score (nSPS) is 10.7. The van der Waals surface area contributed by atoms with E-state index in [-0.39, 0.29) is 39.0 Å². The van der Waals surface area contributed by atoms with E-state index < -0.39 is 16.8 Å². The van der Waals surface area contributed by atoms with E-state index in [9.17, 15) is 25.0 Å². The number of carbonyl (C=O) groups excluding carboxylic acids is 2. The molecule has 11 heteroatoms. The van der Waals surface area contributed by atoms with Crippen molar-refractivity contribution in [3.05, 3.63) is 92.0 Å². The van der Waals surface area contributed by atoms with Crippen LogP contribution in [0.1, 0.15) is 21.5 Å². The third kappa shape index (κ3) is 6.42. The monoisotopic (exact) mass is 521 g/mol. The average Bonchev–Trinajstić information content (AvgIpc) is 2.89. The maximum Gasteiger partial charge on any atom is 0.343 e. The number of anilines is 1. The number of nitrogens with zero attached hydrogens (tertiary/aromatic N) is 2. The summed E-state index contributed by atoms with van der Waals surface area (Å²) >= 11 is 6.34. The highest BCUT2D eigenvalue weighted by Crippen LogP contribution is 2.37. The number of esters is 1. The lowest BCUT2D eigenvalue weighted by molar-refractivity contribution is -0.384. The van der Waals surface area contributed by atoms with Crippen LogP contribution in [0.4, 0.5) is 11.4 Å². The first-order valence-electron chi connectivity index (χ1n) is 10.6. The standard InChI is InChI=1S/C26H20ClN3O7/c1-15-4-7-19(30(33)34)13-22(15)29-25(31)18(14-28)10-16-11-21(27)24(23(12-16)36-3)37-26(32)17-5-8-20(35-2)9-6-17/h4-13H,1-3H3,(H,29,31)/b18-10+. The lowest BCUT2D eigenvalue weighted by Crippen LogP contribution is -2.14. The lowest BCUT2D eigenvalue weighted by atomic mass is 10.1. The Kier molecular flexibility index (Phi) is 8.45. The first-order chi connectivity index (χ1) is 17.7. The van der Waals surface area contributed by atoms with Gasteiger partial charge in [-0.1, -0.05) is 17.7 Å². The first kappa shape index (κ1) is 26.7. The molecule has 0 spiro atoms. The maximum absolute atomic E-state index is 12.7. The Morgan fingerprint density at radius 1 is 1.08 bits per heavy atom. The number of benzene rings is 3. The molecular weight excluding hydrogens is 502 g/mol. The van der Waals surface area contributed by atoms with Gasteiger partial charge in [0, 0.05) is 12.1 Å². The molecule has 0 atom stereocenters. The highest BCUT2D eigenvalue weighted by molar-refractivity contribution is 6.32. The molecular formula is C26H20ClN3O7. The largest absolute Gasteiger partial charge is 0.497 e. The van der Waals surface area contributed by atoms with Crippen LogP contribution in [-0.4, -0.2) is 31.0 Å². The number of nitriles is 1. The minimum absolute atomic E-state index is 0.000289. The van der Waals surface area contributed by atoms with Gasteiger partial charge in [-0.2, -0.15) is 5.26 Å². The second-order valence-electron chi connectivity index (χ2n) is 7.53. The van der Waals surface area contributed by atoms with Crippen molar-refractivity contribution in [1.29, 1.82) is 5.26 Å². The first-order valence-corrected chi connectivity index (χ1v) is 11.0. The Labute approximate surface area is 216 Å². The summed E-state index contributed by atoms with van der Waals surface area (Å²) in [4.78, 5) is 35.7. The molecule has 0 aliphatic carbocycles. The minimum atomic E-state index is -0.781. The molecule has 0 aliphatic rings. The number of carbonyl (C=O) groups is 2. The summed E-state index contributed by atoms with van der Waals surface area (Å²) in [5.74, 6) is -0.849. The average molecular weight is 522 g/mol. The molecule has 0 saturated heterocycles. The number of halogens is 1. The summed E-state index contributed by atoms with van der Waals surface area (Å²) < 4.78 is 15.8. The van der Waals surface area contributed by atoms with Gasteiger partial charge in [-0.3, -0.25) is 14.9 Å². The molecule has 0 aliphatic heterocycles. The van der Waals surface area contributed by atoms with Crippen molar-refractivity contribution in [2.45, 2.75) is 6.92 Å². The van der Waals surface area contributed by atoms with E-state index in [1.807, 2.05) is 0 Å². The van der Waals surface area contributed by atoms with Gasteiger partial charge >= 0.3 is 5.97 Å². The van der Waals surface area contributed by atoms with Crippen molar-refractivity contribution >= 4 is 40.9 Å². The summed E-state index contributed by atoms with van der Waals surface area (Å²) in [6, 6.07) is 14.9. The zero-order valence-electron chi connectivity index (χ0n) is 19.9. The second-order valence-corrected chi connectivity index (χ2v) is 7.94. The summed E-state index contributed by atoms with van der Waals surface area (Å²) in [5, 5.41) is 23.1. The Hall–Kier alpha value is -4.88. The van der Waals surface area contributed by atoms with Crippen molar-refractivity contribution in [3.8, 4) is 23.3 Å². The fourth-order valence-corrected chi connectivity index (χ4v) is 3.42. The van der Waals surface area contributed by atoms with Crippen molar-refractivity contribution < 1.29 is 28.7 Å². The zero-order chi connectivity index (χ0) is 27.1. The van der Waals surface area contributed by atoms with Crippen LogP contribution in [0.5, 0.6) is 17.2 Å². The number of ether oxygens (including phenoxy) is 3. The SMILES string of the molecule is COc1ccc(C(=O)Oc2c(Cl)cc(/C=C(\C#N)C(=O)Nc3cc([N+](=O)[O-])ccc3C)cc2OC)cc1. The van der Waals surface area contributed by atoms with Crippen LogP contribution >= 0.6 is 11.6 Å². The number of hydrogen-bond donors (Lipinski definition) is 1. The molecule has 0 bridgehead atoms. The van der Waals surface area contributed by atoms with E-state index in [1.165, 1.54) is 62.8 Å². The smallest absolute Gasteiger partial charge is 0.343 e. The topological polar surface area (TPSA) is 141 Å². The van der Waals surface area contributed by atoms with Gasteiger partial charge in [0.25, 0.3) is 11.6 Å². The number of rotatable bonds is 8. The van der Waals surface area contributed by atoms with Gasteiger partial charge in [0.1, 0.15) is 17.4 Å². The number of nitrogens with one attached hydrogen (secondary N) is 1. The van der Waals surface area contributed by atoms with E-state index in [1.54, 1.807) is 25.1 Å². The van der Waals surface area contributed by atoms with Crippen molar-refractivity contribution in [2.75, 3.05) is 19.5 Å². The quantitative estimate of drug-likeness (QED) is 0.105. The summed E-state index contributed by atoms with van der Waals surface area (Å²) in [6.07, 6.45) is 1.26. The molecule has 37 heavy (non-hydrogen) atoms. The molecule has 1 amide bonds. The molecule has 10 nitrogen and oxygen atoms in total. The Morgan fingerprint density at radius 3 is 2.38 bits per heavy atom. The van der Waals surface area contributed by atoms with Gasteiger partial charge < -0.3 is 19.5 Å². The highest BCUT2D eigenvalue weighted by Gasteiger charge is 2.19. The fourth-order valence-electron chi connectivity index (χ4n) is 3.16. The number of nitro groups is 1. The van der Waals surface area contributed by atoms with Crippen LogP contribution in [0.25, 0.3) is 6.08 Å². The molecule has 3 rings (SSSR count). The number of aryl methyl sites for hydroxylation is 1. The predicted molar refractivity (Wildman–Crippen MR) is 136 cm³/mol. The van der Waals surface area contributed by atoms with Crippen molar-refractivity contribution in [2.24, 2.45) is 0 Å². The predicted octanol–water partition coefficient (Wildman–Crippen LogP) is 5.34. The third-order valence-corrected chi connectivity index (χ3v) is 5.41. The number of amides is 1. The number of non-ortho nitro benzene ring substituents is 1. The fraction of sp³-hybridized carbons (Fsp3) is 0.115. The van der Waals surface area contributed by atoms with Crippen LogP contribution < -0.4 is 19.5 Å². The van der Waals surface area contributed by atoms with Crippen LogP contribution in [0.2, 0.25) is 5.02 Å². The molecule has 188 valence electrons.